The summed E-state index contributed by atoms with van der Waals surface area (Å²) in [6, 6.07) is 11.2. The van der Waals surface area contributed by atoms with Gasteiger partial charge in [-0.25, -0.2) is 9.37 Å². The second kappa shape index (κ2) is 9.93. The number of hydrogen-bond donors (Lipinski definition) is 2. The Bertz CT molecular complexity index is 1460. The van der Waals surface area contributed by atoms with Crippen LogP contribution in [-0.2, 0) is 11.3 Å². The minimum Gasteiger partial charge on any atom is -0.352 e. The van der Waals surface area contributed by atoms with Gasteiger partial charge in [-0.2, -0.15) is 4.37 Å². The molecule has 0 bridgehead atoms. The molecule has 2 N–H and O–H groups in total. The first-order valence-corrected chi connectivity index (χ1v) is 11.8. The lowest BCUT2D eigenvalue weighted by Crippen LogP contribution is -2.25. The number of aromatic nitrogens is 3. The van der Waals surface area contributed by atoms with Gasteiger partial charge in [-0.15, -0.1) is 0 Å². The van der Waals surface area contributed by atoms with Crippen LogP contribution in [0.3, 0.4) is 0 Å². The van der Waals surface area contributed by atoms with Gasteiger partial charge in [-0.1, -0.05) is 36.7 Å². The molecular formula is C24H21ClFN5O3S. The van der Waals surface area contributed by atoms with Gasteiger partial charge in [-0.3, -0.25) is 14.4 Å². The summed E-state index contributed by atoms with van der Waals surface area (Å²) in [4.78, 5) is 42.3. The zero-order valence-electron chi connectivity index (χ0n) is 19.1. The van der Waals surface area contributed by atoms with Crippen molar-refractivity contribution in [3.05, 3.63) is 76.1 Å². The van der Waals surface area contributed by atoms with Crippen molar-refractivity contribution < 1.29 is 18.8 Å². The maximum absolute atomic E-state index is 14.1. The Morgan fingerprint density at radius 2 is 1.91 bits per heavy atom. The number of carbonyl (C=O) groups is 3. The van der Waals surface area contributed by atoms with E-state index in [0.717, 1.165) is 4.70 Å². The van der Waals surface area contributed by atoms with Crippen molar-refractivity contribution in [2.45, 2.75) is 26.3 Å². The molecule has 35 heavy (non-hydrogen) atoms. The average molecular weight is 514 g/mol. The number of carbonyl (C=O) groups excluding carboxylic acids is 3. The first-order valence-electron chi connectivity index (χ1n) is 10.6. The molecule has 0 radical (unpaired) electrons. The summed E-state index contributed by atoms with van der Waals surface area (Å²) in [7, 11) is 1.43. The van der Waals surface area contributed by atoms with E-state index in [1.54, 1.807) is 19.1 Å². The summed E-state index contributed by atoms with van der Waals surface area (Å²) < 4.78 is 20.6. The Labute approximate surface area is 209 Å². The number of amides is 2. The molecule has 8 nitrogen and oxygen atoms in total. The second-order valence-corrected chi connectivity index (χ2v) is 9.12. The van der Waals surface area contributed by atoms with E-state index in [-0.39, 0.29) is 29.7 Å². The minimum atomic E-state index is -0.633. The van der Waals surface area contributed by atoms with E-state index in [1.807, 2.05) is 12.1 Å². The molecule has 0 fully saturated rings. The molecule has 0 aliphatic carbocycles. The zero-order valence-corrected chi connectivity index (χ0v) is 20.6. The predicted octanol–water partition coefficient (Wildman–Crippen LogP) is 4.64. The maximum Gasteiger partial charge on any atom is 0.287 e. The Morgan fingerprint density at radius 3 is 2.63 bits per heavy atom. The summed E-state index contributed by atoms with van der Waals surface area (Å²) in [5.74, 6) is -2.47. The predicted molar refractivity (Wildman–Crippen MR) is 133 cm³/mol. The van der Waals surface area contributed by atoms with Crippen molar-refractivity contribution in [2.24, 2.45) is 0 Å². The van der Waals surface area contributed by atoms with Crippen LogP contribution < -0.4 is 10.6 Å². The molecule has 1 atom stereocenters. The van der Waals surface area contributed by atoms with E-state index in [2.05, 4.69) is 20.0 Å². The largest absolute Gasteiger partial charge is 0.352 e. The molecule has 180 valence electrons. The Hall–Kier alpha value is -3.63. The van der Waals surface area contributed by atoms with Gasteiger partial charge in [0.1, 0.15) is 17.3 Å². The van der Waals surface area contributed by atoms with Gasteiger partial charge in [-0.05, 0) is 48.3 Å². The number of imidazole rings is 1. The van der Waals surface area contributed by atoms with Gasteiger partial charge in [0.25, 0.3) is 11.8 Å². The van der Waals surface area contributed by atoms with Gasteiger partial charge >= 0.3 is 0 Å². The van der Waals surface area contributed by atoms with Crippen LogP contribution in [0.2, 0.25) is 5.02 Å². The SMILES string of the molecule is CNC(=O)c1nc(NC(=O)c2nsc3ccccc23)c([C@H](C)c2cc(F)ccc2Cl)n1CC(C)=O. The normalized spacial score (nSPS) is 11.9. The van der Waals surface area contributed by atoms with Crippen molar-refractivity contribution >= 4 is 56.6 Å². The van der Waals surface area contributed by atoms with E-state index in [9.17, 15) is 18.8 Å². The van der Waals surface area contributed by atoms with Crippen LogP contribution >= 0.6 is 23.1 Å². The first-order chi connectivity index (χ1) is 16.7. The lowest BCUT2D eigenvalue weighted by atomic mass is 9.96. The second-order valence-electron chi connectivity index (χ2n) is 7.91. The fourth-order valence-corrected chi connectivity index (χ4v) is 4.93. The van der Waals surface area contributed by atoms with E-state index < -0.39 is 23.5 Å². The molecule has 0 aliphatic heterocycles. The van der Waals surface area contributed by atoms with E-state index in [4.69, 9.17) is 11.6 Å². The van der Waals surface area contributed by atoms with Crippen molar-refractivity contribution in [1.29, 1.82) is 0 Å². The van der Waals surface area contributed by atoms with Crippen molar-refractivity contribution in [3.63, 3.8) is 0 Å². The fraction of sp³-hybridized carbons (Fsp3) is 0.208. The van der Waals surface area contributed by atoms with Crippen LogP contribution in [0.1, 0.15) is 52.1 Å². The first kappa shape index (κ1) is 24.5. The summed E-state index contributed by atoms with van der Waals surface area (Å²) in [5.41, 5.74) is 0.948. The monoisotopic (exact) mass is 513 g/mol. The maximum atomic E-state index is 14.1. The number of benzene rings is 2. The molecule has 11 heteroatoms. The van der Waals surface area contributed by atoms with Gasteiger partial charge in [0.15, 0.2) is 5.82 Å². The van der Waals surface area contributed by atoms with Gasteiger partial charge in [0.05, 0.1) is 16.9 Å². The van der Waals surface area contributed by atoms with Crippen LogP contribution in [0.15, 0.2) is 42.5 Å². The highest BCUT2D eigenvalue weighted by atomic mass is 35.5. The minimum absolute atomic E-state index is 0.0553. The standard InChI is InChI=1S/C24H21ClFN5O3S/c1-12(32)11-31-20(13(2)16-10-14(26)8-9-17(16)25)21(28-22(31)24(34)27-3)29-23(33)19-15-6-4-5-7-18(15)35-30-19/h4-10,13H,11H2,1-3H3,(H,27,34)(H,29,33)/t13-/m1/s1. The zero-order chi connectivity index (χ0) is 25.3. The topological polar surface area (TPSA) is 106 Å². The molecule has 0 spiro atoms. The molecule has 0 unspecified atom stereocenters. The number of halogens is 2. The summed E-state index contributed by atoms with van der Waals surface area (Å²) in [6.45, 7) is 2.92. The molecule has 2 amide bonds. The van der Waals surface area contributed by atoms with E-state index in [0.29, 0.717) is 21.7 Å². The Morgan fingerprint density at radius 1 is 1.17 bits per heavy atom. The number of fused-ring (bicyclic) bond motifs is 1. The third-order valence-corrected chi connectivity index (χ3v) is 6.65. The number of ketones is 1. The number of hydrogen-bond acceptors (Lipinski definition) is 6. The van der Waals surface area contributed by atoms with Gasteiger partial charge in [0.2, 0.25) is 5.82 Å². The highest BCUT2D eigenvalue weighted by Gasteiger charge is 2.29. The molecule has 2 heterocycles. The number of nitrogens with one attached hydrogen (secondary N) is 2. The smallest absolute Gasteiger partial charge is 0.287 e. The quantitative estimate of drug-likeness (QED) is 0.374. The third-order valence-electron chi connectivity index (χ3n) is 5.48. The summed E-state index contributed by atoms with van der Waals surface area (Å²) in [6.07, 6.45) is 0. The molecular weight excluding hydrogens is 493 g/mol. The Kier molecular flexibility index (Phi) is 6.95. The number of Topliss-reactive ketones (excluding diaryl/α,β-unsaturated/α-hetero) is 1. The van der Waals surface area contributed by atoms with E-state index in [1.165, 1.54) is 48.3 Å². The van der Waals surface area contributed by atoms with Crippen LogP contribution in [0.25, 0.3) is 10.1 Å². The average Bonchev–Trinajstić information content (AvgIpc) is 3.41. The molecule has 4 rings (SSSR count). The molecule has 2 aromatic heterocycles. The van der Waals surface area contributed by atoms with Crippen molar-refractivity contribution in [1.82, 2.24) is 19.2 Å². The van der Waals surface area contributed by atoms with Crippen LogP contribution in [-0.4, -0.2) is 38.6 Å². The molecule has 0 aliphatic rings. The molecule has 0 saturated heterocycles. The fourth-order valence-electron chi connectivity index (χ4n) is 3.87. The highest BCUT2D eigenvalue weighted by molar-refractivity contribution is 7.13. The van der Waals surface area contributed by atoms with Crippen molar-refractivity contribution in [3.8, 4) is 0 Å². The molecule has 2 aromatic carbocycles. The van der Waals surface area contributed by atoms with Crippen molar-refractivity contribution in [2.75, 3.05) is 12.4 Å². The third kappa shape index (κ3) is 4.80. The number of rotatable bonds is 7. The Balaban J connectivity index is 1.87. The van der Waals surface area contributed by atoms with E-state index >= 15 is 0 Å². The van der Waals surface area contributed by atoms with Gasteiger partial charge < -0.3 is 15.2 Å². The highest BCUT2D eigenvalue weighted by Crippen LogP contribution is 2.36. The van der Waals surface area contributed by atoms with Gasteiger partial charge in [0, 0.05) is 23.4 Å². The van der Waals surface area contributed by atoms with Crippen LogP contribution in [0.4, 0.5) is 10.2 Å². The molecule has 0 saturated carbocycles. The molecule has 4 aromatic rings. The van der Waals surface area contributed by atoms with Crippen LogP contribution in [0, 0.1) is 5.82 Å². The lowest BCUT2D eigenvalue weighted by molar-refractivity contribution is -0.117. The van der Waals surface area contributed by atoms with Crippen LogP contribution in [0.5, 0.6) is 0 Å². The number of nitrogens with zero attached hydrogens (tertiary/aromatic N) is 3. The summed E-state index contributed by atoms with van der Waals surface area (Å²) in [5, 5.41) is 6.21. The number of anilines is 1. The summed E-state index contributed by atoms with van der Waals surface area (Å²) >= 11 is 7.55. The lowest BCUT2D eigenvalue weighted by Gasteiger charge is -2.19.